The van der Waals surface area contributed by atoms with Crippen molar-refractivity contribution in [2.45, 2.75) is 20.4 Å². The standard InChI is InChI=1S/C28H23N5/c1-18-7-8-22(15-19(18)2)20-9-11-21(12-10-20)28-31-25-13-14-33(16-26(25)32-28)17-27-29-23-5-3-4-6-24(23)30-27/h3-16H,17H2,1-2H3,(H,29,30). The lowest BCUT2D eigenvalue weighted by molar-refractivity contribution is 0.752. The molecule has 6 rings (SSSR count). The van der Waals surface area contributed by atoms with Crippen LogP contribution in [0.2, 0.25) is 0 Å². The molecule has 0 spiro atoms. The summed E-state index contributed by atoms with van der Waals surface area (Å²) in [7, 11) is 0. The lowest BCUT2D eigenvalue weighted by Gasteiger charge is -2.06. The second kappa shape index (κ2) is 7.71. The number of para-hydroxylation sites is 2. The third kappa shape index (κ3) is 3.68. The summed E-state index contributed by atoms with van der Waals surface area (Å²) in [5.41, 5.74) is 9.85. The third-order valence-electron chi connectivity index (χ3n) is 6.18. The van der Waals surface area contributed by atoms with Gasteiger partial charge in [-0.15, -0.1) is 0 Å². The van der Waals surface area contributed by atoms with Gasteiger partial charge in [-0.3, -0.25) is 0 Å². The molecule has 0 saturated heterocycles. The molecule has 0 saturated carbocycles. The highest BCUT2D eigenvalue weighted by molar-refractivity contribution is 5.75. The molecule has 3 heterocycles. The molecule has 0 aliphatic carbocycles. The molecule has 0 radical (unpaired) electrons. The van der Waals surface area contributed by atoms with Crippen LogP contribution in [-0.4, -0.2) is 24.5 Å². The molecule has 3 aromatic carbocycles. The molecule has 0 atom stereocenters. The van der Waals surface area contributed by atoms with Gasteiger partial charge in [0, 0.05) is 18.0 Å². The molecular formula is C28H23N5. The molecule has 5 heteroatoms. The lowest BCUT2D eigenvalue weighted by Crippen LogP contribution is -2.02. The number of hydrogen-bond acceptors (Lipinski definition) is 3. The predicted molar refractivity (Wildman–Crippen MR) is 132 cm³/mol. The van der Waals surface area contributed by atoms with Crippen LogP contribution in [0.3, 0.4) is 0 Å². The highest BCUT2D eigenvalue weighted by Gasteiger charge is 2.13. The van der Waals surface area contributed by atoms with E-state index in [1.807, 2.05) is 42.7 Å². The van der Waals surface area contributed by atoms with Crippen LogP contribution >= 0.6 is 0 Å². The average molecular weight is 430 g/mol. The van der Waals surface area contributed by atoms with Crippen LogP contribution < -0.4 is 0 Å². The smallest absolute Gasteiger partial charge is 0.160 e. The maximum Gasteiger partial charge on any atom is 0.160 e. The number of nitrogens with one attached hydrogen (secondary N) is 1. The van der Waals surface area contributed by atoms with E-state index in [9.17, 15) is 0 Å². The van der Waals surface area contributed by atoms with Crippen LogP contribution in [-0.2, 0) is 6.54 Å². The molecule has 0 amide bonds. The molecule has 33 heavy (non-hydrogen) atoms. The van der Waals surface area contributed by atoms with E-state index in [4.69, 9.17) is 9.97 Å². The minimum absolute atomic E-state index is 0.650. The first-order chi connectivity index (χ1) is 16.1. The molecular weight excluding hydrogens is 406 g/mol. The first kappa shape index (κ1) is 19.4. The number of pyridine rings is 1. The van der Waals surface area contributed by atoms with E-state index in [0.29, 0.717) is 6.54 Å². The van der Waals surface area contributed by atoms with Crippen molar-refractivity contribution in [1.29, 1.82) is 0 Å². The average Bonchev–Trinajstić information content (AvgIpc) is 3.44. The Morgan fingerprint density at radius 3 is 2.30 bits per heavy atom. The van der Waals surface area contributed by atoms with Gasteiger partial charge in [-0.2, -0.15) is 0 Å². The van der Waals surface area contributed by atoms with Crippen LogP contribution in [0.5, 0.6) is 0 Å². The van der Waals surface area contributed by atoms with Crippen LogP contribution in [0.1, 0.15) is 17.0 Å². The number of rotatable bonds is 4. The molecule has 160 valence electrons. The number of aromatic nitrogens is 5. The van der Waals surface area contributed by atoms with E-state index in [-0.39, 0.29) is 0 Å². The van der Waals surface area contributed by atoms with Crippen LogP contribution in [0, 0.1) is 13.8 Å². The van der Waals surface area contributed by atoms with E-state index < -0.39 is 0 Å². The molecule has 1 N–H and O–H groups in total. The van der Waals surface area contributed by atoms with Crippen LogP contribution in [0.25, 0.3) is 44.9 Å². The molecule has 4 aromatic rings. The number of fused-ring (bicyclic) bond motifs is 2. The number of hydrogen-bond donors (Lipinski definition) is 1. The summed E-state index contributed by atoms with van der Waals surface area (Å²) in [6, 6.07) is 25.1. The Kier molecular flexibility index (Phi) is 4.54. The SMILES string of the molecule is Cc1ccc(-c2ccc(-c3nc4ccn(Cc5nc6ccccc6[nH]5)cc-4n3)cc2)cc1C. The molecule has 5 nitrogen and oxygen atoms in total. The van der Waals surface area contributed by atoms with E-state index >= 15 is 0 Å². The van der Waals surface area contributed by atoms with Crippen molar-refractivity contribution in [3.05, 3.63) is 102 Å². The summed E-state index contributed by atoms with van der Waals surface area (Å²) in [6.45, 7) is 4.94. The van der Waals surface area contributed by atoms with Crippen molar-refractivity contribution in [3.8, 4) is 33.9 Å². The molecule has 2 aliphatic heterocycles. The highest BCUT2D eigenvalue weighted by atomic mass is 15.0. The van der Waals surface area contributed by atoms with Crippen molar-refractivity contribution >= 4 is 11.0 Å². The molecule has 1 aromatic heterocycles. The van der Waals surface area contributed by atoms with Gasteiger partial charge in [0.15, 0.2) is 5.82 Å². The minimum Gasteiger partial charge on any atom is -0.344 e. The Balaban J connectivity index is 1.27. The Labute approximate surface area is 192 Å². The Hall–Kier alpha value is -4.25. The van der Waals surface area contributed by atoms with Gasteiger partial charge in [0.25, 0.3) is 0 Å². The number of H-pyrrole nitrogens is 1. The van der Waals surface area contributed by atoms with Crippen molar-refractivity contribution in [3.63, 3.8) is 0 Å². The zero-order chi connectivity index (χ0) is 22.4. The van der Waals surface area contributed by atoms with Gasteiger partial charge >= 0.3 is 0 Å². The number of aromatic amines is 1. The Bertz CT molecular complexity index is 1520. The highest BCUT2D eigenvalue weighted by Crippen LogP contribution is 2.28. The summed E-state index contributed by atoms with van der Waals surface area (Å²) >= 11 is 0. The third-order valence-corrected chi connectivity index (χ3v) is 6.18. The van der Waals surface area contributed by atoms with Crippen molar-refractivity contribution in [2.75, 3.05) is 0 Å². The second-order valence-electron chi connectivity index (χ2n) is 8.51. The Morgan fingerprint density at radius 1 is 0.727 bits per heavy atom. The zero-order valence-electron chi connectivity index (χ0n) is 18.6. The number of imidazole rings is 2. The molecule has 0 fully saturated rings. The fraction of sp³-hybridized carbons (Fsp3) is 0.107. The van der Waals surface area contributed by atoms with Gasteiger partial charge in [-0.25, -0.2) is 15.0 Å². The summed E-state index contributed by atoms with van der Waals surface area (Å²) in [6.07, 6.45) is 4.05. The van der Waals surface area contributed by atoms with Gasteiger partial charge in [-0.05, 0) is 54.3 Å². The topological polar surface area (TPSA) is 59.4 Å². The zero-order valence-corrected chi connectivity index (χ0v) is 18.6. The monoisotopic (exact) mass is 429 g/mol. The number of benzene rings is 3. The lowest BCUT2D eigenvalue weighted by atomic mass is 9.99. The van der Waals surface area contributed by atoms with E-state index in [0.717, 1.165) is 39.6 Å². The Morgan fingerprint density at radius 2 is 1.48 bits per heavy atom. The number of aryl methyl sites for hydroxylation is 2. The number of nitrogens with zero attached hydrogens (tertiary/aromatic N) is 4. The summed E-state index contributed by atoms with van der Waals surface area (Å²) in [5.74, 6) is 1.67. The van der Waals surface area contributed by atoms with E-state index in [1.54, 1.807) is 0 Å². The largest absolute Gasteiger partial charge is 0.344 e. The summed E-state index contributed by atoms with van der Waals surface area (Å²) in [5, 5.41) is 0. The van der Waals surface area contributed by atoms with Gasteiger partial charge in [0.2, 0.25) is 0 Å². The summed E-state index contributed by atoms with van der Waals surface area (Å²) < 4.78 is 2.08. The van der Waals surface area contributed by atoms with E-state index in [2.05, 4.69) is 70.8 Å². The quantitative estimate of drug-likeness (QED) is 0.360. The normalized spacial score (nSPS) is 11.5. The maximum atomic E-state index is 4.79. The fourth-order valence-corrected chi connectivity index (χ4v) is 4.17. The first-order valence-electron chi connectivity index (χ1n) is 11.1. The first-order valence-corrected chi connectivity index (χ1v) is 11.1. The van der Waals surface area contributed by atoms with Crippen molar-refractivity contribution < 1.29 is 0 Å². The van der Waals surface area contributed by atoms with Crippen molar-refractivity contribution in [2.24, 2.45) is 0 Å². The molecule has 2 aliphatic rings. The minimum atomic E-state index is 0.650. The van der Waals surface area contributed by atoms with Crippen LogP contribution in [0.4, 0.5) is 0 Å². The van der Waals surface area contributed by atoms with Crippen LogP contribution in [0.15, 0.2) is 85.2 Å². The maximum absolute atomic E-state index is 4.79. The van der Waals surface area contributed by atoms with E-state index in [1.165, 1.54) is 22.3 Å². The fourth-order valence-electron chi connectivity index (χ4n) is 4.17. The van der Waals surface area contributed by atoms with Gasteiger partial charge in [0.05, 0.1) is 23.3 Å². The van der Waals surface area contributed by atoms with Crippen molar-refractivity contribution in [1.82, 2.24) is 24.5 Å². The molecule has 0 bridgehead atoms. The summed E-state index contributed by atoms with van der Waals surface area (Å²) in [4.78, 5) is 17.6. The second-order valence-corrected chi connectivity index (χ2v) is 8.51. The molecule has 0 unspecified atom stereocenters. The van der Waals surface area contributed by atoms with Gasteiger partial charge in [-0.1, -0.05) is 54.6 Å². The predicted octanol–water partition coefficient (Wildman–Crippen LogP) is 6.26. The van der Waals surface area contributed by atoms with Gasteiger partial charge in [0.1, 0.15) is 11.5 Å². The van der Waals surface area contributed by atoms with Gasteiger partial charge < -0.3 is 9.55 Å².